The average molecular weight is 453 g/mol. The molecule has 32 heavy (non-hydrogen) atoms. The zero-order chi connectivity index (χ0) is 23.3. The lowest BCUT2D eigenvalue weighted by molar-refractivity contribution is -0.251. The first-order valence-electron chi connectivity index (χ1n) is 10.5. The maximum absolute atomic E-state index is 13.1. The molecule has 0 radical (unpaired) electrons. The Bertz CT molecular complexity index is 985. The van der Waals surface area contributed by atoms with Gasteiger partial charge in [0, 0.05) is 36.3 Å². The van der Waals surface area contributed by atoms with Crippen LogP contribution in [0, 0.1) is 11.8 Å². The molecule has 0 spiro atoms. The fourth-order valence-corrected chi connectivity index (χ4v) is 4.74. The Morgan fingerprint density at radius 3 is 2.59 bits per heavy atom. The molecule has 1 aliphatic heterocycles. The summed E-state index contributed by atoms with van der Waals surface area (Å²) < 4.78 is 44.3. The highest BCUT2D eigenvalue weighted by Gasteiger charge is 2.59. The van der Waals surface area contributed by atoms with Crippen molar-refractivity contribution in [3.63, 3.8) is 0 Å². The summed E-state index contributed by atoms with van der Waals surface area (Å²) in [5, 5.41) is 17.1. The highest BCUT2D eigenvalue weighted by Crippen LogP contribution is 2.57. The first-order valence-corrected chi connectivity index (χ1v) is 10.5. The molecule has 1 amide bonds. The second-order valence-electron chi connectivity index (χ2n) is 8.95. The van der Waals surface area contributed by atoms with Crippen molar-refractivity contribution in [3.05, 3.63) is 24.2 Å². The summed E-state index contributed by atoms with van der Waals surface area (Å²) in [7, 11) is 1.54. The van der Waals surface area contributed by atoms with E-state index in [1.54, 1.807) is 12.3 Å². The number of amides is 1. The summed E-state index contributed by atoms with van der Waals surface area (Å²) in [5.74, 6) is 0.537. The highest BCUT2D eigenvalue weighted by molar-refractivity contribution is 5.85. The number of pyridine rings is 1. The molecule has 1 aliphatic carbocycles. The van der Waals surface area contributed by atoms with Crippen molar-refractivity contribution < 1.29 is 27.8 Å². The third-order valence-electron chi connectivity index (χ3n) is 6.82. The summed E-state index contributed by atoms with van der Waals surface area (Å²) in [4.78, 5) is 22.4. The number of piperidine rings is 1. The third kappa shape index (κ3) is 3.72. The van der Waals surface area contributed by atoms with Crippen LogP contribution in [0.5, 0.6) is 5.88 Å². The summed E-state index contributed by atoms with van der Waals surface area (Å²) in [6.07, 6.45) is -1.07. The zero-order valence-corrected chi connectivity index (χ0v) is 18.1. The number of alkyl halides is 3. The Hall–Kier alpha value is -2.69. The van der Waals surface area contributed by atoms with Crippen molar-refractivity contribution in [1.82, 2.24) is 25.1 Å². The monoisotopic (exact) mass is 453 g/mol. The van der Waals surface area contributed by atoms with Gasteiger partial charge >= 0.3 is 6.18 Å². The van der Waals surface area contributed by atoms with Crippen molar-refractivity contribution >= 4 is 5.91 Å². The molecule has 174 valence electrons. The van der Waals surface area contributed by atoms with Gasteiger partial charge in [0.2, 0.25) is 11.5 Å². The minimum atomic E-state index is -5.02. The highest BCUT2D eigenvalue weighted by atomic mass is 19.4. The molecule has 2 aromatic heterocycles. The SMILES string of the molecule is COc1ccc(-c2n[nH]c(C3([C@@H]4CCN(C(=O)C(C)(O)C(F)(F)F)C[C@@H]4C)CC3)n2)cn1. The summed E-state index contributed by atoms with van der Waals surface area (Å²) in [5.41, 5.74) is -2.87. The van der Waals surface area contributed by atoms with Crippen LogP contribution < -0.4 is 4.74 Å². The lowest BCUT2D eigenvalue weighted by atomic mass is 9.74. The van der Waals surface area contributed by atoms with Gasteiger partial charge in [0.25, 0.3) is 5.91 Å². The molecule has 8 nitrogen and oxygen atoms in total. The van der Waals surface area contributed by atoms with E-state index in [1.807, 2.05) is 13.0 Å². The van der Waals surface area contributed by atoms with E-state index in [0.29, 0.717) is 25.0 Å². The van der Waals surface area contributed by atoms with Gasteiger partial charge in [-0.25, -0.2) is 9.97 Å². The van der Waals surface area contributed by atoms with E-state index >= 15 is 0 Å². The maximum atomic E-state index is 13.1. The van der Waals surface area contributed by atoms with Gasteiger partial charge in [0.05, 0.1) is 7.11 Å². The van der Waals surface area contributed by atoms with Gasteiger partial charge in [0.1, 0.15) is 5.82 Å². The smallest absolute Gasteiger partial charge is 0.426 e. The molecular weight excluding hydrogens is 427 g/mol. The zero-order valence-electron chi connectivity index (χ0n) is 18.1. The van der Waals surface area contributed by atoms with Crippen LogP contribution in [0.2, 0.25) is 0 Å². The van der Waals surface area contributed by atoms with Gasteiger partial charge < -0.3 is 14.7 Å². The first-order chi connectivity index (χ1) is 15.0. The molecule has 3 heterocycles. The van der Waals surface area contributed by atoms with Crippen molar-refractivity contribution in [2.75, 3.05) is 20.2 Å². The van der Waals surface area contributed by atoms with E-state index in [2.05, 4.69) is 20.2 Å². The predicted octanol–water partition coefficient (Wildman–Crippen LogP) is 2.70. The van der Waals surface area contributed by atoms with Gasteiger partial charge in [0.15, 0.2) is 5.82 Å². The number of aromatic nitrogens is 4. The van der Waals surface area contributed by atoms with E-state index in [-0.39, 0.29) is 30.3 Å². The molecule has 1 unspecified atom stereocenters. The van der Waals surface area contributed by atoms with Crippen LogP contribution in [-0.4, -0.2) is 68.1 Å². The normalized spacial score (nSPS) is 24.7. The van der Waals surface area contributed by atoms with Crippen molar-refractivity contribution in [2.24, 2.45) is 11.8 Å². The average Bonchev–Trinajstić information content (AvgIpc) is 3.40. The number of rotatable bonds is 5. The van der Waals surface area contributed by atoms with E-state index in [0.717, 1.165) is 29.1 Å². The van der Waals surface area contributed by atoms with Crippen molar-refractivity contribution in [3.8, 4) is 17.3 Å². The van der Waals surface area contributed by atoms with E-state index in [4.69, 9.17) is 4.74 Å². The fraction of sp³-hybridized carbons (Fsp3) is 0.619. The lowest BCUT2D eigenvalue weighted by Crippen LogP contribution is -2.59. The van der Waals surface area contributed by atoms with E-state index < -0.39 is 17.7 Å². The van der Waals surface area contributed by atoms with Gasteiger partial charge in [-0.3, -0.25) is 9.89 Å². The Morgan fingerprint density at radius 1 is 1.34 bits per heavy atom. The topological polar surface area (TPSA) is 104 Å². The summed E-state index contributed by atoms with van der Waals surface area (Å²) >= 11 is 0. The Kier molecular flexibility index (Phi) is 5.43. The largest absolute Gasteiger partial charge is 0.481 e. The van der Waals surface area contributed by atoms with Gasteiger partial charge in [-0.15, -0.1) is 0 Å². The van der Waals surface area contributed by atoms with E-state index in [9.17, 15) is 23.1 Å². The molecule has 11 heteroatoms. The quantitative estimate of drug-likeness (QED) is 0.722. The van der Waals surface area contributed by atoms with E-state index in [1.165, 1.54) is 7.11 Å². The number of hydrogen-bond acceptors (Lipinski definition) is 6. The number of hydrogen-bond donors (Lipinski definition) is 2. The van der Waals surface area contributed by atoms with Crippen LogP contribution in [0.4, 0.5) is 13.2 Å². The van der Waals surface area contributed by atoms with Gasteiger partial charge in [-0.1, -0.05) is 6.92 Å². The number of aromatic amines is 1. The van der Waals surface area contributed by atoms with Crippen LogP contribution in [0.3, 0.4) is 0 Å². The number of H-pyrrole nitrogens is 1. The minimum absolute atomic E-state index is 0.0598. The van der Waals surface area contributed by atoms with Crippen LogP contribution in [-0.2, 0) is 10.2 Å². The molecule has 0 bridgehead atoms. The van der Waals surface area contributed by atoms with Crippen LogP contribution in [0.15, 0.2) is 18.3 Å². The number of halogens is 3. The predicted molar refractivity (Wildman–Crippen MR) is 108 cm³/mol. The Morgan fingerprint density at radius 2 is 2.06 bits per heavy atom. The maximum Gasteiger partial charge on any atom is 0.426 e. The fourth-order valence-electron chi connectivity index (χ4n) is 4.74. The van der Waals surface area contributed by atoms with Crippen LogP contribution >= 0.6 is 0 Å². The number of methoxy groups -OCH3 is 1. The van der Waals surface area contributed by atoms with Crippen molar-refractivity contribution in [2.45, 2.75) is 50.3 Å². The number of carbonyl (C=O) groups excluding carboxylic acids is 1. The lowest BCUT2D eigenvalue weighted by Gasteiger charge is -2.42. The Balaban J connectivity index is 1.48. The molecule has 0 aromatic carbocycles. The van der Waals surface area contributed by atoms with Crippen LogP contribution in [0.1, 0.15) is 38.9 Å². The number of likely N-dealkylation sites (tertiary alicyclic amines) is 1. The number of ether oxygens (including phenoxy) is 1. The summed E-state index contributed by atoms with van der Waals surface area (Å²) in [6, 6.07) is 3.54. The van der Waals surface area contributed by atoms with Crippen LogP contribution in [0.25, 0.3) is 11.4 Å². The molecule has 4 rings (SSSR count). The molecule has 1 saturated carbocycles. The second-order valence-corrected chi connectivity index (χ2v) is 8.95. The molecule has 2 fully saturated rings. The second kappa shape index (κ2) is 7.72. The first kappa shape index (κ1) is 22.5. The number of carbonyl (C=O) groups is 1. The summed E-state index contributed by atoms with van der Waals surface area (Å²) in [6.45, 7) is 2.75. The molecule has 2 aliphatic rings. The number of nitrogens with one attached hydrogen (secondary N) is 1. The minimum Gasteiger partial charge on any atom is -0.481 e. The third-order valence-corrected chi connectivity index (χ3v) is 6.82. The molecule has 1 saturated heterocycles. The van der Waals surface area contributed by atoms with Gasteiger partial charge in [-0.05, 0) is 44.1 Å². The van der Waals surface area contributed by atoms with Crippen molar-refractivity contribution in [1.29, 1.82) is 0 Å². The molecule has 2 N–H and O–H groups in total. The molecular formula is C21H26F3N5O3. The number of aliphatic hydroxyl groups is 1. The Labute approximate surface area is 183 Å². The molecule has 2 aromatic rings. The molecule has 3 atom stereocenters. The number of nitrogens with zero attached hydrogens (tertiary/aromatic N) is 4. The van der Waals surface area contributed by atoms with Gasteiger partial charge in [-0.2, -0.15) is 18.3 Å². The standard InChI is InChI=1S/C21H26F3N5O3/c1-12-11-29(18(30)19(2,31)21(22,23)24)9-6-14(12)20(7-8-20)17-26-16(27-28-17)13-4-5-15(32-3)25-10-13/h4-5,10,12,14,31H,6-9,11H2,1-3H3,(H,26,27,28)/t12-,14+,19?/m0/s1.